The van der Waals surface area contributed by atoms with Crippen molar-refractivity contribution in [3.05, 3.63) is 29.0 Å². The molecule has 0 spiro atoms. The summed E-state index contributed by atoms with van der Waals surface area (Å²) in [5.41, 5.74) is 3.00. The zero-order valence-corrected chi connectivity index (χ0v) is 11.2. The van der Waals surface area contributed by atoms with Gasteiger partial charge in [0.15, 0.2) is 0 Å². The fourth-order valence-electron chi connectivity index (χ4n) is 1.87. The van der Waals surface area contributed by atoms with Gasteiger partial charge in [-0.3, -0.25) is 0 Å². The van der Waals surface area contributed by atoms with Crippen LogP contribution in [0.25, 0.3) is 0 Å². The third-order valence-electron chi connectivity index (χ3n) is 2.73. The number of hydrogen-bond donors (Lipinski definition) is 1. The van der Waals surface area contributed by atoms with Crippen molar-refractivity contribution >= 4 is 5.82 Å². The smallest absolute Gasteiger partial charge is 0.130 e. The van der Waals surface area contributed by atoms with Gasteiger partial charge in [-0.15, -0.1) is 5.10 Å². The molecule has 0 saturated carbocycles. The van der Waals surface area contributed by atoms with Crippen LogP contribution in [0.4, 0.5) is 5.82 Å². The highest BCUT2D eigenvalue weighted by atomic mass is 15.4. The topological polar surface area (TPSA) is 68.5 Å². The number of aromatic nitrogens is 5. The standard InChI is InChI=1S/C12H18N6/c1-5-18-11(9(3)16-17-18)7-13-12-6-8(2)14-10(4)15-12/h6H,5,7H2,1-4H3,(H,13,14,15). The minimum Gasteiger partial charge on any atom is -0.364 e. The molecule has 2 heterocycles. The summed E-state index contributed by atoms with van der Waals surface area (Å²) < 4.78 is 1.89. The molecule has 0 saturated heterocycles. The Bertz CT molecular complexity index is 525. The van der Waals surface area contributed by atoms with Crippen LogP contribution < -0.4 is 5.32 Å². The molecule has 96 valence electrons. The number of hydrogen-bond acceptors (Lipinski definition) is 5. The molecule has 0 aliphatic carbocycles. The Kier molecular flexibility index (Phi) is 3.55. The molecule has 0 unspecified atom stereocenters. The summed E-state index contributed by atoms with van der Waals surface area (Å²) in [5, 5.41) is 11.4. The molecule has 2 aromatic rings. The third-order valence-corrected chi connectivity index (χ3v) is 2.73. The molecule has 2 rings (SSSR count). The molecule has 1 N–H and O–H groups in total. The molecular formula is C12H18N6. The molecule has 6 heteroatoms. The molecular weight excluding hydrogens is 228 g/mol. The van der Waals surface area contributed by atoms with Crippen molar-refractivity contribution < 1.29 is 0 Å². The highest BCUT2D eigenvalue weighted by molar-refractivity contribution is 5.36. The summed E-state index contributed by atoms with van der Waals surface area (Å²) >= 11 is 0. The molecule has 6 nitrogen and oxygen atoms in total. The second-order valence-electron chi connectivity index (χ2n) is 4.23. The van der Waals surface area contributed by atoms with Gasteiger partial charge in [-0.25, -0.2) is 14.6 Å². The van der Waals surface area contributed by atoms with Gasteiger partial charge in [-0.05, 0) is 27.7 Å². The Morgan fingerprint density at radius 2 is 2.00 bits per heavy atom. The second kappa shape index (κ2) is 5.12. The molecule has 18 heavy (non-hydrogen) atoms. The fourth-order valence-corrected chi connectivity index (χ4v) is 1.87. The summed E-state index contributed by atoms with van der Waals surface area (Å²) in [6.45, 7) is 9.36. The SMILES string of the molecule is CCn1nnc(C)c1CNc1cc(C)nc(C)n1. The van der Waals surface area contributed by atoms with E-state index in [2.05, 4.69) is 32.5 Å². The van der Waals surface area contributed by atoms with Crippen LogP contribution in [-0.4, -0.2) is 25.0 Å². The average molecular weight is 246 g/mol. The van der Waals surface area contributed by atoms with Gasteiger partial charge >= 0.3 is 0 Å². The van der Waals surface area contributed by atoms with E-state index in [0.29, 0.717) is 6.54 Å². The largest absolute Gasteiger partial charge is 0.364 e. The van der Waals surface area contributed by atoms with E-state index in [-0.39, 0.29) is 0 Å². The fraction of sp³-hybridized carbons (Fsp3) is 0.500. The lowest BCUT2D eigenvalue weighted by molar-refractivity contribution is 0.602. The predicted octanol–water partition coefficient (Wildman–Crippen LogP) is 1.63. The molecule has 0 atom stereocenters. The molecule has 0 aromatic carbocycles. The second-order valence-corrected chi connectivity index (χ2v) is 4.23. The Hall–Kier alpha value is -1.98. The van der Waals surface area contributed by atoms with Gasteiger partial charge in [0.2, 0.25) is 0 Å². The zero-order chi connectivity index (χ0) is 13.1. The highest BCUT2D eigenvalue weighted by Crippen LogP contribution is 2.10. The van der Waals surface area contributed by atoms with E-state index in [9.17, 15) is 0 Å². The minimum atomic E-state index is 0.669. The van der Waals surface area contributed by atoms with Crippen molar-refractivity contribution in [1.82, 2.24) is 25.0 Å². The molecule has 0 aliphatic heterocycles. The normalized spacial score (nSPS) is 10.7. The summed E-state index contributed by atoms with van der Waals surface area (Å²) in [6.07, 6.45) is 0. The molecule has 0 aliphatic rings. The van der Waals surface area contributed by atoms with Crippen LogP contribution in [0, 0.1) is 20.8 Å². The van der Waals surface area contributed by atoms with Gasteiger partial charge in [0.1, 0.15) is 11.6 Å². The van der Waals surface area contributed by atoms with Gasteiger partial charge in [0.25, 0.3) is 0 Å². The van der Waals surface area contributed by atoms with E-state index < -0.39 is 0 Å². The lowest BCUT2D eigenvalue weighted by atomic mass is 10.3. The van der Waals surface area contributed by atoms with E-state index in [1.165, 1.54) is 0 Å². The molecule has 2 aromatic heterocycles. The predicted molar refractivity (Wildman–Crippen MR) is 69.3 cm³/mol. The molecule has 0 fully saturated rings. The maximum Gasteiger partial charge on any atom is 0.130 e. The summed E-state index contributed by atoms with van der Waals surface area (Å²) in [7, 11) is 0. The zero-order valence-electron chi connectivity index (χ0n) is 11.2. The van der Waals surface area contributed by atoms with Gasteiger partial charge in [0.05, 0.1) is 17.9 Å². The van der Waals surface area contributed by atoms with E-state index >= 15 is 0 Å². The van der Waals surface area contributed by atoms with E-state index in [1.807, 2.05) is 31.5 Å². The summed E-state index contributed by atoms with van der Waals surface area (Å²) in [4.78, 5) is 8.60. The summed E-state index contributed by atoms with van der Waals surface area (Å²) in [5.74, 6) is 1.61. The number of aryl methyl sites for hydroxylation is 4. The molecule has 0 amide bonds. The highest BCUT2D eigenvalue weighted by Gasteiger charge is 2.08. The van der Waals surface area contributed by atoms with Crippen molar-refractivity contribution in [3.63, 3.8) is 0 Å². The van der Waals surface area contributed by atoms with E-state index in [0.717, 1.165) is 35.3 Å². The van der Waals surface area contributed by atoms with Crippen molar-refractivity contribution in [2.24, 2.45) is 0 Å². The van der Waals surface area contributed by atoms with Crippen molar-refractivity contribution in [2.75, 3.05) is 5.32 Å². The first-order valence-electron chi connectivity index (χ1n) is 6.05. The molecule has 0 bridgehead atoms. The number of nitrogens with one attached hydrogen (secondary N) is 1. The van der Waals surface area contributed by atoms with Crippen LogP contribution in [0.1, 0.15) is 29.8 Å². The van der Waals surface area contributed by atoms with Gasteiger partial charge < -0.3 is 5.32 Å². The van der Waals surface area contributed by atoms with E-state index in [1.54, 1.807) is 0 Å². The van der Waals surface area contributed by atoms with Crippen molar-refractivity contribution in [1.29, 1.82) is 0 Å². The third kappa shape index (κ3) is 2.64. The Balaban J connectivity index is 2.13. The maximum absolute atomic E-state index is 4.35. The summed E-state index contributed by atoms with van der Waals surface area (Å²) in [6, 6.07) is 1.93. The van der Waals surface area contributed by atoms with Crippen LogP contribution >= 0.6 is 0 Å². The van der Waals surface area contributed by atoms with Crippen LogP contribution in [0.15, 0.2) is 6.07 Å². The number of rotatable bonds is 4. The van der Waals surface area contributed by atoms with Crippen LogP contribution in [0.5, 0.6) is 0 Å². The first-order valence-corrected chi connectivity index (χ1v) is 6.05. The lowest BCUT2D eigenvalue weighted by Gasteiger charge is -2.08. The van der Waals surface area contributed by atoms with Crippen molar-refractivity contribution in [3.8, 4) is 0 Å². The van der Waals surface area contributed by atoms with Crippen LogP contribution in [-0.2, 0) is 13.1 Å². The Morgan fingerprint density at radius 1 is 1.22 bits per heavy atom. The first kappa shape index (κ1) is 12.5. The van der Waals surface area contributed by atoms with Gasteiger partial charge in [-0.1, -0.05) is 5.21 Å². The first-order chi connectivity index (χ1) is 8.60. The molecule has 0 radical (unpaired) electrons. The minimum absolute atomic E-state index is 0.669. The Labute approximate surface area is 106 Å². The van der Waals surface area contributed by atoms with Crippen LogP contribution in [0.3, 0.4) is 0 Å². The van der Waals surface area contributed by atoms with Crippen LogP contribution in [0.2, 0.25) is 0 Å². The lowest BCUT2D eigenvalue weighted by Crippen LogP contribution is -2.10. The van der Waals surface area contributed by atoms with E-state index in [4.69, 9.17) is 0 Å². The Morgan fingerprint density at radius 3 is 2.67 bits per heavy atom. The average Bonchev–Trinajstić information content (AvgIpc) is 2.66. The van der Waals surface area contributed by atoms with Gasteiger partial charge in [-0.2, -0.15) is 0 Å². The quantitative estimate of drug-likeness (QED) is 0.888. The monoisotopic (exact) mass is 246 g/mol. The van der Waals surface area contributed by atoms with Gasteiger partial charge in [0, 0.05) is 18.3 Å². The number of nitrogens with zero attached hydrogens (tertiary/aromatic N) is 5. The number of anilines is 1. The van der Waals surface area contributed by atoms with Crippen molar-refractivity contribution in [2.45, 2.75) is 40.8 Å². The maximum atomic E-state index is 4.35.